The Bertz CT molecular complexity index is 485. The first-order chi connectivity index (χ1) is 6.73. The van der Waals surface area contributed by atoms with Crippen molar-refractivity contribution in [3.63, 3.8) is 0 Å². The molecule has 1 aromatic rings. The van der Waals surface area contributed by atoms with E-state index in [1.165, 1.54) is 12.1 Å². The SMILES string of the molecule is Cc1cc(S(=O)(=O)O)c(C(C)C)cc1O.[H-].[Na+]. The fourth-order valence-electron chi connectivity index (χ4n) is 1.36. The summed E-state index contributed by atoms with van der Waals surface area (Å²) in [7, 11) is -4.23. The van der Waals surface area contributed by atoms with Gasteiger partial charge in [0.05, 0.1) is 4.90 Å². The van der Waals surface area contributed by atoms with Gasteiger partial charge >= 0.3 is 29.6 Å². The van der Waals surface area contributed by atoms with E-state index in [1.807, 2.05) is 0 Å². The van der Waals surface area contributed by atoms with Crippen LogP contribution in [0.3, 0.4) is 0 Å². The summed E-state index contributed by atoms with van der Waals surface area (Å²) in [5, 5.41) is 9.46. The van der Waals surface area contributed by atoms with Crippen LogP contribution in [0.4, 0.5) is 0 Å². The van der Waals surface area contributed by atoms with Crippen LogP contribution in [0.15, 0.2) is 17.0 Å². The second kappa shape index (κ2) is 5.51. The first-order valence-electron chi connectivity index (χ1n) is 4.54. The van der Waals surface area contributed by atoms with Crippen LogP contribution in [0, 0.1) is 6.92 Å². The summed E-state index contributed by atoms with van der Waals surface area (Å²) in [6, 6.07) is 2.66. The van der Waals surface area contributed by atoms with Gasteiger partial charge in [-0.25, -0.2) is 0 Å². The van der Waals surface area contributed by atoms with Gasteiger partial charge in [0, 0.05) is 0 Å². The Kier molecular flexibility index (Phi) is 5.49. The number of rotatable bonds is 2. The number of hydrogen-bond donors (Lipinski definition) is 2. The molecule has 0 fully saturated rings. The summed E-state index contributed by atoms with van der Waals surface area (Å²) < 4.78 is 31.2. The van der Waals surface area contributed by atoms with Crippen LogP contribution in [0.2, 0.25) is 0 Å². The molecule has 0 aliphatic rings. The molecular formula is C10H15NaO4S. The van der Waals surface area contributed by atoms with Crippen molar-refractivity contribution in [1.29, 1.82) is 0 Å². The fraction of sp³-hybridized carbons (Fsp3) is 0.400. The maximum atomic E-state index is 11.1. The Morgan fingerprint density at radius 3 is 2.19 bits per heavy atom. The average Bonchev–Trinajstić information content (AvgIpc) is 2.06. The van der Waals surface area contributed by atoms with Gasteiger partial charge in [0.15, 0.2) is 0 Å². The van der Waals surface area contributed by atoms with Gasteiger partial charge in [-0.3, -0.25) is 4.55 Å². The Balaban J connectivity index is 0. The van der Waals surface area contributed by atoms with E-state index < -0.39 is 10.1 Å². The van der Waals surface area contributed by atoms with E-state index in [9.17, 15) is 13.5 Å². The number of benzene rings is 1. The van der Waals surface area contributed by atoms with Crippen molar-refractivity contribution in [2.45, 2.75) is 31.6 Å². The minimum Gasteiger partial charge on any atom is -1.00 e. The number of aryl methyl sites for hydroxylation is 1. The monoisotopic (exact) mass is 254 g/mol. The van der Waals surface area contributed by atoms with Crippen LogP contribution in [0.1, 0.15) is 32.3 Å². The molecule has 0 radical (unpaired) electrons. The third-order valence-electron chi connectivity index (χ3n) is 2.23. The molecule has 0 amide bonds. The maximum Gasteiger partial charge on any atom is 1.00 e. The smallest absolute Gasteiger partial charge is 1.00 e. The molecule has 86 valence electrons. The zero-order valence-corrected chi connectivity index (χ0v) is 12.7. The molecular weight excluding hydrogens is 239 g/mol. The first kappa shape index (κ1) is 15.9. The van der Waals surface area contributed by atoms with Crippen molar-refractivity contribution >= 4 is 10.1 Å². The molecule has 2 N–H and O–H groups in total. The van der Waals surface area contributed by atoms with E-state index in [0.29, 0.717) is 11.1 Å². The van der Waals surface area contributed by atoms with Crippen molar-refractivity contribution in [2.75, 3.05) is 0 Å². The van der Waals surface area contributed by atoms with Crippen LogP contribution in [-0.2, 0) is 10.1 Å². The Hall–Kier alpha value is -0.0700. The van der Waals surface area contributed by atoms with Crippen molar-refractivity contribution in [3.8, 4) is 5.75 Å². The number of phenols is 1. The summed E-state index contributed by atoms with van der Waals surface area (Å²) in [4.78, 5) is -0.132. The van der Waals surface area contributed by atoms with Gasteiger partial charge in [0.25, 0.3) is 10.1 Å². The number of hydrogen-bond acceptors (Lipinski definition) is 3. The molecule has 0 saturated heterocycles. The van der Waals surface area contributed by atoms with Crippen molar-refractivity contribution in [3.05, 3.63) is 23.3 Å². The third kappa shape index (κ3) is 3.46. The van der Waals surface area contributed by atoms with Gasteiger partial charge in [-0.15, -0.1) is 0 Å². The molecule has 0 spiro atoms. The molecule has 0 unspecified atom stereocenters. The zero-order chi connectivity index (χ0) is 11.8. The van der Waals surface area contributed by atoms with Gasteiger partial charge in [-0.05, 0) is 36.1 Å². The molecule has 16 heavy (non-hydrogen) atoms. The third-order valence-corrected chi connectivity index (χ3v) is 3.14. The van der Waals surface area contributed by atoms with Gasteiger partial charge in [0.1, 0.15) is 5.75 Å². The van der Waals surface area contributed by atoms with E-state index in [0.717, 1.165) is 0 Å². The predicted octanol–water partition coefficient (Wildman–Crippen LogP) is -0.813. The summed E-state index contributed by atoms with van der Waals surface area (Å²) in [6.45, 7) is 5.16. The van der Waals surface area contributed by atoms with Crippen molar-refractivity contribution in [1.82, 2.24) is 0 Å². The van der Waals surface area contributed by atoms with Crippen LogP contribution in [0.25, 0.3) is 0 Å². The summed E-state index contributed by atoms with van der Waals surface area (Å²) >= 11 is 0. The minimum atomic E-state index is -4.23. The topological polar surface area (TPSA) is 74.6 Å². The molecule has 0 aromatic heterocycles. The molecule has 0 saturated carbocycles. The van der Waals surface area contributed by atoms with Crippen molar-refractivity contribution in [2.24, 2.45) is 0 Å². The van der Waals surface area contributed by atoms with Gasteiger partial charge < -0.3 is 6.53 Å². The summed E-state index contributed by atoms with van der Waals surface area (Å²) in [5.74, 6) is -0.0560. The molecule has 1 rings (SSSR count). The van der Waals surface area contributed by atoms with Gasteiger partial charge in [-0.1, -0.05) is 13.8 Å². The molecule has 0 atom stereocenters. The second-order valence-electron chi connectivity index (χ2n) is 3.81. The Morgan fingerprint density at radius 2 is 1.81 bits per heavy atom. The first-order valence-corrected chi connectivity index (χ1v) is 5.98. The standard InChI is InChI=1S/C10H14O4S.Na.H/c1-6(2)8-5-9(11)7(3)4-10(8)15(12,13)14;;/h4-6,11H,1-3H3,(H,12,13,14);;/q;+1;-1. The second-order valence-corrected chi connectivity index (χ2v) is 5.20. The van der Waals surface area contributed by atoms with E-state index in [-0.39, 0.29) is 47.5 Å². The molecule has 0 heterocycles. The molecule has 0 aliphatic carbocycles. The zero-order valence-electron chi connectivity index (χ0n) is 10.9. The van der Waals surface area contributed by atoms with E-state index in [4.69, 9.17) is 4.55 Å². The van der Waals surface area contributed by atoms with Crippen LogP contribution in [-0.4, -0.2) is 18.1 Å². The molecule has 4 nitrogen and oxygen atoms in total. The predicted molar refractivity (Wildman–Crippen MR) is 57.9 cm³/mol. The summed E-state index contributed by atoms with van der Waals surface area (Å²) in [5.41, 5.74) is 0.840. The van der Waals surface area contributed by atoms with Crippen LogP contribution >= 0.6 is 0 Å². The molecule has 6 heteroatoms. The quantitative estimate of drug-likeness (QED) is 0.534. The van der Waals surface area contributed by atoms with Gasteiger partial charge in [0.2, 0.25) is 0 Å². The molecule has 0 bridgehead atoms. The molecule has 0 aliphatic heterocycles. The minimum absolute atomic E-state index is 0. The number of phenolic OH excluding ortho intramolecular Hbond substituents is 1. The van der Waals surface area contributed by atoms with E-state index in [2.05, 4.69) is 0 Å². The van der Waals surface area contributed by atoms with Crippen LogP contribution in [0.5, 0.6) is 5.75 Å². The largest absolute Gasteiger partial charge is 1.00 e. The van der Waals surface area contributed by atoms with E-state index in [1.54, 1.807) is 20.8 Å². The normalized spacial score (nSPS) is 11.3. The van der Waals surface area contributed by atoms with Gasteiger partial charge in [-0.2, -0.15) is 8.42 Å². The van der Waals surface area contributed by atoms with Crippen molar-refractivity contribution < 1.29 is 49.1 Å². The Labute approximate surface area is 119 Å². The fourth-order valence-corrected chi connectivity index (χ4v) is 2.28. The maximum absolute atomic E-state index is 11.1. The number of aromatic hydroxyl groups is 1. The average molecular weight is 254 g/mol. The Morgan fingerprint density at radius 1 is 1.31 bits per heavy atom. The molecule has 1 aromatic carbocycles. The van der Waals surface area contributed by atoms with E-state index >= 15 is 0 Å². The van der Waals surface area contributed by atoms with Crippen LogP contribution < -0.4 is 29.6 Å². The summed E-state index contributed by atoms with van der Waals surface area (Å²) in [6.07, 6.45) is 0.